The van der Waals surface area contributed by atoms with Gasteiger partial charge in [0, 0.05) is 24.1 Å². The van der Waals surface area contributed by atoms with Crippen molar-refractivity contribution < 1.29 is 17.7 Å². The van der Waals surface area contributed by atoms with Gasteiger partial charge in [0.05, 0.1) is 17.0 Å². The zero-order chi connectivity index (χ0) is 22.4. The number of thioether (sulfide) groups is 1. The van der Waals surface area contributed by atoms with Gasteiger partial charge in [-0.2, -0.15) is 0 Å². The molecule has 2 aromatic heterocycles. The van der Waals surface area contributed by atoms with Crippen LogP contribution in [0.1, 0.15) is 38.5 Å². The first kappa shape index (κ1) is 23.0. The minimum absolute atomic E-state index is 0.0858. The fraction of sp³-hybridized carbons (Fsp3) is 0.286. The van der Waals surface area contributed by atoms with E-state index < -0.39 is 10.0 Å². The standard InChI is InChI=1S/C21H24N4O4S2/c1-14-19(15(2)29-25-14)12-30-21-18(5-4-10-23-21)20(26)24-11-16-6-8-17(9-7-16)13-31(27,28)22-3/h4-10,22H,11-13H2,1-3H3,(H,24,26). The summed E-state index contributed by atoms with van der Waals surface area (Å²) in [5.74, 6) is 1.06. The SMILES string of the molecule is CNS(=O)(=O)Cc1ccc(CNC(=O)c2cccnc2SCc2c(C)noc2C)cc1. The van der Waals surface area contributed by atoms with Crippen molar-refractivity contribution in [3.63, 3.8) is 0 Å². The molecule has 0 aliphatic rings. The summed E-state index contributed by atoms with van der Waals surface area (Å²) in [5, 5.41) is 7.48. The van der Waals surface area contributed by atoms with E-state index in [1.54, 1.807) is 42.6 Å². The quantitative estimate of drug-likeness (QED) is 0.472. The van der Waals surface area contributed by atoms with Gasteiger partial charge < -0.3 is 9.84 Å². The lowest BCUT2D eigenvalue weighted by Crippen LogP contribution is -2.23. The molecule has 1 aromatic carbocycles. The normalized spacial score (nSPS) is 11.5. The minimum atomic E-state index is -3.32. The first-order valence-corrected chi connectivity index (χ1v) is 12.2. The maximum Gasteiger partial charge on any atom is 0.254 e. The Morgan fingerprint density at radius 3 is 2.48 bits per heavy atom. The summed E-state index contributed by atoms with van der Waals surface area (Å²) in [7, 11) is -1.93. The lowest BCUT2D eigenvalue weighted by atomic mass is 10.1. The number of aryl methyl sites for hydroxylation is 2. The zero-order valence-electron chi connectivity index (χ0n) is 17.5. The lowest BCUT2D eigenvalue weighted by Gasteiger charge is -2.10. The molecule has 0 spiro atoms. The monoisotopic (exact) mass is 460 g/mol. The van der Waals surface area contributed by atoms with E-state index in [4.69, 9.17) is 4.52 Å². The van der Waals surface area contributed by atoms with E-state index in [-0.39, 0.29) is 11.7 Å². The number of carbonyl (C=O) groups is 1. The predicted molar refractivity (Wildman–Crippen MR) is 119 cm³/mol. The van der Waals surface area contributed by atoms with Gasteiger partial charge in [0.2, 0.25) is 10.0 Å². The summed E-state index contributed by atoms with van der Waals surface area (Å²) >= 11 is 1.46. The van der Waals surface area contributed by atoms with Crippen molar-refractivity contribution >= 4 is 27.7 Å². The van der Waals surface area contributed by atoms with Crippen LogP contribution in [0, 0.1) is 13.8 Å². The van der Waals surface area contributed by atoms with Crippen LogP contribution in [0.25, 0.3) is 0 Å². The van der Waals surface area contributed by atoms with Crippen LogP contribution in [0.3, 0.4) is 0 Å². The van der Waals surface area contributed by atoms with Gasteiger partial charge in [-0.25, -0.2) is 18.1 Å². The molecule has 0 aliphatic heterocycles. The van der Waals surface area contributed by atoms with Crippen molar-refractivity contribution in [2.24, 2.45) is 0 Å². The molecule has 0 unspecified atom stereocenters. The Bertz CT molecular complexity index is 1140. The van der Waals surface area contributed by atoms with Crippen LogP contribution in [-0.2, 0) is 28.1 Å². The van der Waals surface area contributed by atoms with Crippen LogP contribution in [0.4, 0.5) is 0 Å². The van der Waals surface area contributed by atoms with Gasteiger partial charge in [0.25, 0.3) is 5.91 Å². The molecule has 31 heavy (non-hydrogen) atoms. The van der Waals surface area contributed by atoms with Gasteiger partial charge in [-0.05, 0) is 44.2 Å². The number of benzene rings is 1. The maximum absolute atomic E-state index is 12.7. The third-order valence-electron chi connectivity index (χ3n) is 4.69. The highest BCUT2D eigenvalue weighted by atomic mass is 32.2. The second-order valence-corrected chi connectivity index (χ2v) is 9.80. The summed E-state index contributed by atoms with van der Waals surface area (Å²) < 4.78 is 30.8. The number of hydrogen-bond acceptors (Lipinski definition) is 7. The molecule has 0 fully saturated rings. The van der Waals surface area contributed by atoms with Gasteiger partial charge in [0.1, 0.15) is 10.8 Å². The third kappa shape index (κ3) is 6.16. The van der Waals surface area contributed by atoms with Crippen LogP contribution >= 0.6 is 11.8 Å². The maximum atomic E-state index is 12.7. The van der Waals surface area contributed by atoms with E-state index in [9.17, 15) is 13.2 Å². The number of aromatic nitrogens is 2. The Hall–Kier alpha value is -2.69. The summed E-state index contributed by atoms with van der Waals surface area (Å²) in [4.78, 5) is 17.1. The van der Waals surface area contributed by atoms with Gasteiger partial charge in [-0.3, -0.25) is 4.79 Å². The van der Waals surface area contributed by atoms with Crippen molar-refractivity contribution in [3.05, 3.63) is 76.3 Å². The molecule has 0 saturated carbocycles. The number of hydrogen-bond donors (Lipinski definition) is 2. The molecular formula is C21H24N4O4S2. The largest absolute Gasteiger partial charge is 0.361 e. The highest BCUT2D eigenvalue weighted by molar-refractivity contribution is 7.98. The molecule has 0 saturated heterocycles. The first-order chi connectivity index (χ1) is 14.8. The molecule has 2 heterocycles. The number of sulfonamides is 1. The Kier molecular flexibility index (Phi) is 7.47. The highest BCUT2D eigenvalue weighted by Crippen LogP contribution is 2.27. The van der Waals surface area contributed by atoms with Crippen LogP contribution in [0.15, 0.2) is 52.1 Å². The van der Waals surface area contributed by atoms with Crippen molar-refractivity contribution in [2.45, 2.75) is 36.9 Å². The third-order valence-corrected chi connectivity index (χ3v) is 7.06. The van der Waals surface area contributed by atoms with E-state index in [1.165, 1.54) is 18.8 Å². The van der Waals surface area contributed by atoms with Crippen LogP contribution in [0.2, 0.25) is 0 Å². The number of nitrogens with zero attached hydrogens (tertiary/aromatic N) is 2. The van der Waals surface area contributed by atoms with Crippen LogP contribution in [0.5, 0.6) is 0 Å². The van der Waals surface area contributed by atoms with Crippen molar-refractivity contribution in [3.8, 4) is 0 Å². The van der Waals surface area contributed by atoms with Gasteiger partial charge in [0.15, 0.2) is 0 Å². The molecule has 2 N–H and O–H groups in total. The Morgan fingerprint density at radius 2 is 1.84 bits per heavy atom. The van der Waals surface area contributed by atoms with E-state index in [1.807, 2.05) is 13.8 Å². The molecule has 0 atom stereocenters. The second-order valence-electron chi connectivity index (χ2n) is 6.91. The fourth-order valence-corrected chi connectivity index (χ4v) is 4.77. The molecule has 0 bridgehead atoms. The summed E-state index contributed by atoms with van der Waals surface area (Å²) in [5.41, 5.74) is 3.87. The summed E-state index contributed by atoms with van der Waals surface area (Å²) in [6.45, 7) is 4.07. The van der Waals surface area contributed by atoms with E-state index >= 15 is 0 Å². The molecule has 10 heteroatoms. The van der Waals surface area contributed by atoms with E-state index in [0.29, 0.717) is 28.5 Å². The lowest BCUT2D eigenvalue weighted by molar-refractivity contribution is 0.0947. The van der Waals surface area contributed by atoms with Crippen molar-refractivity contribution in [1.29, 1.82) is 0 Å². The molecular weight excluding hydrogens is 436 g/mol. The average molecular weight is 461 g/mol. The van der Waals surface area contributed by atoms with Crippen molar-refractivity contribution in [2.75, 3.05) is 7.05 Å². The molecule has 8 nitrogen and oxygen atoms in total. The van der Waals surface area contributed by atoms with E-state index in [0.717, 1.165) is 22.6 Å². The molecule has 3 aromatic rings. The van der Waals surface area contributed by atoms with Crippen molar-refractivity contribution in [1.82, 2.24) is 20.2 Å². The number of nitrogens with one attached hydrogen (secondary N) is 2. The molecule has 164 valence electrons. The Labute approximate surface area is 185 Å². The molecule has 0 aliphatic carbocycles. The smallest absolute Gasteiger partial charge is 0.254 e. The average Bonchev–Trinajstić information content (AvgIpc) is 3.09. The molecule has 0 radical (unpaired) electrons. The van der Waals surface area contributed by atoms with Gasteiger partial charge >= 0.3 is 0 Å². The Morgan fingerprint density at radius 1 is 1.13 bits per heavy atom. The highest BCUT2D eigenvalue weighted by Gasteiger charge is 2.15. The number of carbonyl (C=O) groups excluding carboxylic acids is 1. The second kappa shape index (κ2) is 10.1. The number of pyridine rings is 1. The van der Waals surface area contributed by atoms with E-state index in [2.05, 4.69) is 20.2 Å². The molecule has 3 rings (SSSR count). The summed E-state index contributed by atoms with van der Waals surface area (Å²) in [6.07, 6.45) is 1.66. The summed E-state index contributed by atoms with van der Waals surface area (Å²) in [6, 6.07) is 10.6. The fourth-order valence-electron chi connectivity index (χ4n) is 2.85. The van der Waals surface area contributed by atoms with Crippen LogP contribution < -0.4 is 10.0 Å². The first-order valence-electron chi connectivity index (χ1n) is 9.56. The number of rotatable bonds is 9. The van der Waals surface area contributed by atoms with Gasteiger partial charge in [-0.1, -0.05) is 29.4 Å². The van der Waals surface area contributed by atoms with Crippen LogP contribution in [-0.4, -0.2) is 31.5 Å². The topological polar surface area (TPSA) is 114 Å². The molecule has 1 amide bonds. The van der Waals surface area contributed by atoms with Gasteiger partial charge in [-0.15, -0.1) is 11.8 Å². The minimum Gasteiger partial charge on any atom is -0.361 e. The Balaban J connectivity index is 1.62. The predicted octanol–water partition coefficient (Wildman–Crippen LogP) is 2.96. The number of amides is 1. The zero-order valence-corrected chi connectivity index (χ0v) is 19.1.